The quantitative estimate of drug-likeness (QED) is 0.691. The van der Waals surface area contributed by atoms with Crippen LogP contribution in [0, 0.1) is 5.92 Å². The number of hydrogen-bond acceptors (Lipinski definition) is 4. The Hall–Kier alpha value is -0.650. The Morgan fingerprint density at radius 3 is 3.06 bits per heavy atom. The molecule has 0 spiro atoms. The average molecular weight is 230 g/mol. The highest BCUT2D eigenvalue weighted by atomic mass is 16.5. The lowest BCUT2D eigenvalue weighted by Crippen LogP contribution is -2.45. The van der Waals surface area contributed by atoms with E-state index in [1.54, 1.807) is 0 Å². The van der Waals surface area contributed by atoms with Crippen molar-refractivity contribution in [2.24, 2.45) is 11.7 Å². The summed E-state index contributed by atoms with van der Waals surface area (Å²) in [6, 6.07) is -0.567. The third kappa shape index (κ3) is 4.47. The van der Waals surface area contributed by atoms with E-state index in [-0.39, 0.29) is 12.5 Å². The van der Waals surface area contributed by atoms with Crippen LogP contribution in [0.5, 0.6) is 0 Å². The van der Waals surface area contributed by atoms with Crippen LogP contribution in [0.4, 0.5) is 0 Å². The van der Waals surface area contributed by atoms with E-state index in [0.29, 0.717) is 18.6 Å². The van der Waals surface area contributed by atoms with Crippen LogP contribution in [-0.4, -0.2) is 44.9 Å². The number of nitrogens with two attached hydrogens (primary N) is 1. The van der Waals surface area contributed by atoms with E-state index in [0.717, 1.165) is 19.4 Å². The highest BCUT2D eigenvalue weighted by Crippen LogP contribution is 2.18. The molecule has 1 aliphatic rings. The fourth-order valence-corrected chi connectivity index (χ4v) is 1.91. The molecular formula is C11H22N2O3. The minimum absolute atomic E-state index is 0.138. The Morgan fingerprint density at radius 2 is 2.44 bits per heavy atom. The van der Waals surface area contributed by atoms with Crippen molar-refractivity contribution in [3.8, 4) is 0 Å². The number of ether oxygens (including phenoxy) is 2. The summed E-state index contributed by atoms with van der Waals surface area (Å²) in [7, 11) is 1.54. The van der Waals surface area contributed by atoms with Crippen molar-refractivity contribution >= 4 is 5.91 Å². The van der Waals surface area contributed by atoms with E-state index in [4.69, 9.17) is 15.2 Å². The van der Waals surface area contributed by atoms with Gasteiger partial charge >= 0.3 is 0 Å². The van der Waals surface area contributed by atoms with Crippen molar-refractivity contribution in [3.63, 3.8) is 0 Å². The van der Waals surface area contributed by atoms with Crippen LogP contribution in [0.25, 0.3) is 0 Å². The van der Waals surface area contributed by atoms with Crippen molar-refractivity contribution in [3.05, 3.63) is 0 Å². The highest BCUT2D eigenvalue weighted by Gasteiger charge is 2.21. The molecule has 3 atom stereocenters. The number of rotatable bonds is 5. The number of hydrogen-bond donors (Lipinski definition) is 2. The van der Waals surface area contributed by atoms with Gasteiger partial charge in [-0.1, -0.05) is 0 Å². The molecule has 16 heavy (non-hydrogen) atoms. The Kier molecular flexibility index (Phi) is 5.73. The summed E-state index contributed by atoms with van der Waals surface area (Å²) in [6.45, 7) is 3.79. The van der Waals surface area contributed by atoms with E-state index in [1.165, 1.54) is 7.11 Å². The molecule has 0 aliphatic carbocycles. The predicted molar refractivity (Wildman–Crippen MR) is 61.0 cm³/mol. The predicted octanol–water partition coefficient (Wildman–Crippen LogP) is -0.109. The zero-order chi connectivity index (χ0) is 12.0. The Bertz CT molecular complexity index is 223. The summed E-state index contributed by atoms with van der Waals surface area (Å²) < 4.78 is 10.3. The molecule has 0 aromatic carbocycles. The van der Waals surface area contributed by atoms with Crippen LogP contribution in [0.15, 0.2) is 0 Å². The van der Waals surface area contributed by atoms with E-state index >= 15 is 0 Å². The van der Waals surface area contributed by atoms with Gasteiger partial charge in [0.05, 0.1) is 12.7 Å². The second-order valence-corrected chi connectivity index (χ2v) is 4.38. The molecule has 5 nitrogen and oxygen atoms in total. The van der Waals surface area contributed by atoms with Gasteiger partial charge in [-0.25, -0.2) is 0 Å². The van der Waals surface area contributed by atoms with E-state index in [2.05, 4.69) is 12.2 Å². The smallest absolute Gasteiger partial charge is 0.239 e. The Labute approximate surface area is 96.7 Å². The topological polar surface area (TPSA) is 73.6 Å². The summed E-state index contributed by atoms with van der Waals surface area (Å²) in [5.74, 6) is 0.364. The van der Waals surface area contributed by atoms with E-state index < -0.39 is 6.04 Å². The molecule has 5 heteroatoms. The van der Waals surface area contributed by atoms with Crippen LogP contribution < -0.4 is 11.1 Å². The second-order valence-electron chi connectivity index (χ2n) is 4.38. The van der Waals surface area contributed by atoms with Crippen molar-refractivity contribution in [1.29, 1.82) is 0 Å². The number of carbonyl (C=O) groups is 1. The summed E-state index contributed by atoms with van der Waals surface area (Å²) in [4.78, 5) is 11.5. The SMILES string of the molecule is COCC(N)C(=O)NCC1CCOC(C)C1. The first-order valence-electron chi connectivity index (χ1n) is 5.77. The lowest BCUT2D eigenvalue weighted by Gasteiger charge is -2.27. The van der Waals surface area contributed by atoms with Crippen molar-refractivity contribution < 1.29 is 14.3 Å². The van der Waals surface area contributed by atoms with Crippen molar-refractivity contribution in [1.82, 2.24) is 5.32 Å². The first-order chi connectivity index (χ1) is 7.63. The van der Waals surface area contributed by atoms with Gasteiger partial charge in [-0.3, -0.25) is 4.79 Å². The van der Waals surface area contributed by atoms with Gasteiger partial charge in [-0.05, 0) is 25.7 Å². The molecule has 3 N–H and O–H groups in total. The molecule has 94 valence electrons. The third-order valence-electron chi connectivity index (χ3n) is 2.84. The maximum atomic E-state index is 11.5. The van der Waals surface area contributed by atoms with Crippen molar-refractivity contribution in [2.75, 3.05) is 26.9 Å². The number of methoxy groups -OCH3 is 1. The molecule has 0 aromatic rings. The molecule has 1 amide bonds. The van der Waals surface area contributed by atoms with Crippen LogP contribution in [-0.2, 0) is 14.3 Å². The van der Waals surface area contributed by atoms with Gasteiger partial charge in [-0.2, -0.15) is 0 Å². The summed E-state index contributed by atoms with van der Waals surface area (Å²) in [5.41, 5.74) is 5.61. The first-order valence-corrected chi connectivity index (χ1v) is 5.77. The van der Waals surface area contributed by atoms with Crippen LogP contribution in [0.2, 0.25) is 0 Å². The number of nitrogens with one attached hydrogen (secondary N) is 1. The van der Waals surface area contributed by atoms with E-state index in [1.807, 2.05) is 0 Å². The molecule has 0 bridgehead atoms. The third-order valence-corrected chi connectivity index (χ3v) is 2.84. The van der Waals surface area contributed by atoms with Crippen LogP contribution >= 0.6 is 0 Å². The fourth-order valence-electron chi connectivity index (χ4n) is 1.91. The van der Waals surface area contributed by atoms with Gasteiger partial charge in [0.1, 0.15) is 6.04 Å². The summed E-state index contributed by atoms with van der Waals surface area (Å²) in [5, 5.41) is 2.86. The second kappa shape index (κ2) is 6.83. The summed E-state index contributed by atoms with van der Waals surface area (Å²) >= 11 is 0. The van der Waals surface area contributed by atoms with Gasteiger partial charge in [-0.15, -0.1) is 0 Å². The highest BCUT2D eigenvalue weighted by molar-refractivity contribution is 5.81. The van der Waals surface area contributed by atoms with Gasteiger partial charge in [0, 0.05) is 20.3 Å². The lowest BCUT2D eigenvalue weighted by molar-refractivity contribution is -0.123. The molecule has 0 saturated carbocycles. The largest absolute Gasteiger partial charge is 0.383 e. The zero-order valence-corrected chi connectivity index (χ0v) is 10.1. The monoisotopic (exact) mass is 230 g/mol. The normalized spacial score (nSPS) is 27.4. The van der Waals surface area contributed by atoms with E-state index in [9.17, 15) is 4.79 Å². The average Bonchev–Trinajstić information content (AvgIpc) is 2.26. The number of carbonyl (C=O) groups excluding carboxylic acids is 1. The maximum Gasteiger partial charge on any atom is 0.239 e. The Morgan fingerprint density at radius 1 is 1.69 bits per heavy atom. The Balaban J connectivity index is 2.20. The molecular weight excluding hydrogens is 208 g/mol. The molecule has 1 heterocycles. The van der Waals surface area contributed by atoms with Gasteiger partial charge in [0.2, 0.25) is 5.91 Å². The fraction of sp³-hybridized carbons (Fsp3) is 0.909. The van der Waals surface area contributed by atoms with Gasteiger partial charge in [0.25, 0.3) is 0 Å². The molecule has 3 unspecified atom stereocenters. The summed E-state index contributed by atoms with van der Waals surface area (Å²) in [6.07, 6.45) is 2.30. The van der Waals surface area contributed by atoms with Crippen molar-refractivity contribution in [2.45, 2.75) is 31.9 Å². The lowest BCUT2D eigenvalue weighted by atomic mass is 9.96. The minimum atomic E-state index is -0.567. The molecule has 1 rings (SSSR count). The number of amides is 1. The maximum absolute atomic E-state index is 11.5. The zero-order valence-electron chi connectivity index (χ0n) is 10.1. The minimum Gasteiger partial charge on any atom is -0.383 e. The van der Waals surface area contributed by atoms with Crippen LogP contribution in [0.3, 0.4) is 0 Å². The molecule has 1 aliphatic heterocycles. The van der Waals surface area contributed by atoms with Crippen LogP contribution in [0.1, 0.15) is 19.8 Å². The molecule has 1 fully saturated rings. The van der Waals surface area contributed by atoms with Gasteiger partial charge in [0.15, 0.2) is 0 Å². The standard InChI is InChI=1S/C11H22N2O3/c1-8-5-9(3-4-16-8)6-13-11(14)10(12)7-15-2/h8-10H,3-7,12H2,1-2H3,(H,13,14). The first kappa shape index (κ1) is 13.4. The molecule has 0 aromatic heterocycles. The molecule has 1 saturated heterocycles. The van der Waals surface area contributed by atoms with Gasteiger partial charge < -0.3 is 20.5 Å². The molecule has 0 radical (unpaired) electrons.